The van der Waals surface area contributed by atoms with Gasteiger partial charge in [-0.1, -0.05) is 62.6 Å². The van der Waals surface area contributed by atoms with E-state index < -0.39 is 0 Å². The first kappa shape index (κ1) is 20.9. The molecule has 0 aliphatic carbocycles. The van der Waals surface area contributed by atoms with Crippen molar-refractivity contribution in [2.45, 2.75) is 52.1 Å². The van der Waals surface area contributed by atoms with Crippen molar-refractivity contribution >= 4 is 11.0 Å². The summed E-state index contributed by atoms with van der Waals surface area (Å²) in [5.74, 6) is 0.827. The van der Waals surface area contributed by atoms with Gasteiger partial charge in [-0.15, -0.1) is 15.0 Å². The van der Waals surface area contributed by atoms with Gasteiger partial charge in [0.25, 0.3) is 0 Å². The fourth-order valence-corrected chi connectivity index (χ4v) is 3.72. The Morgan fingerprint density at radius 3 is 2.48 bits per heavy atom. The predicted octanol–water partition coefficient (Wildman–Crippen LogP) is 6.53. The van der Waals surface area contributed by atoms with Crippen molar-refractivity contribution in [3.8, 4) is 28.3 Å². The third kappa shape index (κ3) is 5.05. The van der Waals surface area contributed by atoms with Crippen LogP contribution in [0.1, 0.15) is 46.0 Å². The molecule has 0 spiro atoms. The van der Waals surface area contributed by atoms with Gasteiger partial charge in [0.1, 0.15) is 28.2 Å². The van der Waals surface area contributed by atoms with Crippen molar-refractivity contribution in [1.82, 2.24) is 15.0 Å². The molecular weight excluding hydrogens is 386 g/mol. The van der Waals surface area contributed by atoms with E-state index >= 15 is 0 Å². The van der Waals surface area contributed by atoms with Crippen LogP contribution in [0.15, 0.2) is 66.7 Å². The maximum Gasteiger partial charge on any atom is 0.143 e. The van der Waals surface area contributed by atoms with Crippen LogP contribution < -0.4 is 4.74 Å². The Bertz CT molecular complexity index is 1140. The molecule has 4 aromatic rings. The molecule has 1 N–H and O–H groups in total. The topological polar surface area (TPSA) is 60.2 Å². The van der Waals surface area contributed by atoms with Gasteiger partial charge in [0, 0.05) is 6.07 Å². The lowest BCUT2D eigenvalue weighted by Gasteiger charge is -2.15. The summed E-state index contributed by atoms with van der Waals surface area (Å²) in [5.41, 5.74) is 4.27. The summed E-state index contributed by atoms with van der Waals surface area (Å²) in [6, 6.07) is 21.4. The second kappa shape index (κ2) is 9.65. The molecule has 0 bridgehead atoms. The van der Waals surface area contributed by atoms with Crippen molar-refractivity contribution < 1.29 is 9.84 Å². The van der Waals surface area contributed by atoms with Gasteiger partial charge in [0.05, 0.1) is 6.10 Å². The normalized spacial score (nSPS) is 12.2. The Morgan fingerprint density at radius 2 is 1.68 bits per heavy atom. The van der Waals surface area contributed by atoms with Gasteiger partial charge in [0.2, 0.25) is 0 Å². The first-order valence-electron chi connectivity index (χ1n) is 11.1. The number of phenolic OH excluding ortho intramolecular Hbond substituents is 1. The van der Waals surface area contributed by atoms with E-state index in [1.807, 2.05) is 36.4 Å². The summed E-state index contributed by atoms with van der Waals surface area (Å²) in [4.78, 5) is 1.48. The number of rotatable bonds is 9. The third-order valence-electron chi connectivity index (χ3n) is 5.45. The van der Waals surface area contributed by atoms with E-state index in [0.29, 0.717) is 11.4 Å². The van der Waals surface area contributed by atoms with Crippen molar-refractivity contribution in [1.29, 1.82) is 0 Å². The molecule has 1 heterocycles. The number of unbranched alkanes of at least 4 members (excludes halogenated alkanes) is 3. The standard InChI is InChI=1S/C26H29N3O2/c1-3-4-5-7-10-19(2)31-22-14-16-26(30)25(18-22)29-27-23-15-13-21(17-24(23)28-29)20-11-8-6-9-12-20/h6,8-9,11-19,30H,3-5,7,10H2,1-2H3. The maximum atomic E-state index is 10.4. The fraction of sp³-hybridized carbons (Fsp3) is 0.308. The Hall–Kier alpha value is -3.34. The molecule has 31 heavy (non-hydrogen) atoms. The van der Waals surface area contributed by atoms with E-state index in [1.54, 1.807) is 18.2 Å². The molecular formula is C26H29N3O2. The summed E-state index contributed by atoms with van der Waals surface area (Å²) >= 11 is 0. The van der Waals surface area contributed by atoms with Crippen LogP contribution in [0.2, 0.25) is 0 Å². The molecule has 0 amide bonds. The smallest absolute Gasteiger partial charge is 0.143 e. The maximum absolute atomic E-state index is 10.4. The van der Waals surface area contributed by atoms with Gasteiger partial charge in [-0.2, -0.15) is 0 Å². The molecule has 1 unspecified atom stereocenters. The van der Waals surface area contributed by atoms with Crippen molar-refractivity contribution in [3.05, 3.63) is 66.7 Å². The van der Waals surface area contributed by atoms with Crippen LogP contribution in [0.25, 0.3) is 27.8 Å². The van der Waals surface area contributed by atoms with Crippen LogP contribution in [0.3, 0.4) is 0 Å². The molecule has 0 aliphatic rings. The lowest BCUT2D eigenvalue weighted by molar-refractivity contribution is 0.206. The largest absolute Gasteiger partial charge is 0.506 e. The van der Waals surface area contributed by atoms with Gasteiger partial charge in [-0.3, -0.25) is 0 Å². The summed E-state index contributed by atoms with van der Waals surface area (Å²) < 4.78 is 6.08. The summed E-state index contributed by atoms with van der Waals surface area (Å²) in [5, 5.41) is 19.6. The number of aromatic hydroxyl groups is 1. The highest BCUT2D eigenvalue weighted by molar-refractivity contribution is 5.81. The zero-order valence-electron chi connectivity index (χ0n) is 18.2. The summed E-state index contributed by atoms with van der Waals surface area (Å²) in [6.07, 6.45) is 6.03. The van der Waals surface area contributed by atoms with Crippen molar-refractivity contribution in [3.63, 3.8) is 0 Å². The first-order chi connectivity index (χ1) is 15.1. The van der Waals surface area contributed by atoms with Crippen molar-refractivity contribution in [2.75, 3.05) is 0 Å². The summed E-state index contributed by atoms with van der Waals surface area (Å²) in [6.45, 7) is 4.30. The lowest BCUT2D eigenvalue weighted by atomic mass is 10.1. The molecule has 5 heteroatoms. The van der Waals surface area contributed by atoms with E-state index in [-0.39, 0.29) is 11.9 Å². The number of hydrogen-bond acceptors (Lipinski definition) is 4. The van der Waals surface area contributed by atoms with E-state index in [1.165, 1.54) is 24.1 Å². The molecule has 4 rings (SSSR count). The molecule has 1 atom stereocenters. The Labute approximate surface area is 183 Å². The Balaban J connectivity index is 1.55. The second-order valence-electron chi connectivity index (χ2n) is 7.99. The molecule has 0 saturated heterocycles. The minimum atomic E-state index is 0.117. The molecule has 0 fully saturated rings. The number of ether oxygens (including phenoxy) is 1. The number of aromatic nitrogens is 3. The van der Waals surface area contributed by atoms with Gasteiger partial charge in [-0.05, 0) is 55.2 Å². The molecule has 0 saturated carbocycles. The van der Waals surface area contributed by atoms with E-state index in [0.717, 1.165) is 35.0 Å². The number of nitrogens with zero attached hydrogens (tertiary/aromatic N) is 3. The average molecular weight is 416 g/mol. The number of fused-ring (bicyclic) bond motifs is 1. The fourth-order valence-electron chi connectivity index (χ4n) is 3.72. The molecule has 5 nitrogen and oxygen atoms in total. The van der Waals surface area contributed by atoms with E-state index in [2.05, 4.69) is 36.2 Å². The first-order valence-corrected chi connectivity index (χ1v) is 11.1. The number of phenols is 1. The highest BCUT2D eigenvalue weighted by Gasteiger charge is 2.13. The van der Waals surface area contributed by atoms with Crippen LogP contribution in [0, 0.1) is 0 Å². The van der Waals surface area contributed by atoms with E-state index in [4.69, 9.17) is 4.74 Å². The van der Waals surface area contributed by atoms with E-state index in [9.17, 15) is 5.11 Å². The second-order valence-corrected chi connectivity index (χ2v) is 7.99. The van der Waals surface area contributed by atoms with Gasteiger partial charge >= 0.3 is 0 Å². The molecule has 0 aliphatic heterocycles. The summed E-state index contributed by atoms with van der Waals surface area (Å²) in [7, 11) is 0. The highest BCUT2D eigenvalue weighted by Crippen LogP contribution is 2.29. The minimum Gasteiger partial charge on any atom is -0.506 e. The molecule has 1 aromatic heterocycles. The molecule has 160 valence electrons. The highest BCUT2D eigenvalue weighted by atomic mass is 16.5. The average Bonchev–Trinajstić information content (AvgIpc) is 3.22. The van der Waals surface area contributed by atoms with Crippen LogP contribution in [0.4, 0.5) is 0 Å². The Morgan fingerprint density at radius 1 is 0.871 bits per heavy atom. The number of benzene rings is 3. The predicted molar refractivity (Wildman–Crippen MR) is 125 cm³/mol. The monoisotopic (exact) mass is 415 g/mol. The van der Waals surface area contributed by atoms with Crippen LogP contribution in [-0.2, 0) is 0 Å². The zero-order chi connectivity index (χ0) is 21.6. The number of hydrogen-bond donors (Lipinski definition) is 1. The van der Waals surface area contributed by atoms with Crippen LogP contribution in [0.5, 0.6) is 11.5 Å². The lowest BCUT2D eigenvalue weighted by Crippen LogP contribution is -2.12. The van der Waals surface area contributed by atoms with Gasteiger partial charge in [0.15, 0.2) is 0 Å². The third-order valence-corrected chi connectivity index (χ3v) is 5.45. The van der Waals surface area contributed by atoms with Crippen molar-refractivity contribution in [2.24, 2.45) is 0 Å². The minimum absolute atomic E-state index is 0.117. The van der Waals surface area contributed by atoms with Crippen LogP contribution >= 0.6 is 0 Å². The quantitative estimate of drug-likeness (QED) is 0.316. The van der Waals surface area contributed by atoms with Gasteiger partial charge < -0.3 is 9.84 Å². The zero-order valence-corrected chi connectivity index (χ0v) is 18.2. The SMILES string of the molecule is CCCCCCC(C)Oc1ccc(O)c(-n2nc3ccc(-c4ccccc4)cc3n2)c1. The Kier molecular flexibility index (Phi) is 6.51. The molecule has 0 radical (unpaired) electrons. The molecule has 3 aromatic carbocycles. The van der Waals surface area contributed by atoms with Crippen LogP contribution in [-0.4, -0.2) is 26.2 Å². The van der Waals surface area contributed by atoms with Gasteiger partial charge in [-0.25, -0.2) is 0 Å².